The van der Waals surface area contributed by atoms with Crippen molar-refractivity contribution in [1.82, 2.24) is 5.32 Å². The van der Waals surface area contributed by atoms with Crippen LogP contribution in [0.3, 0.4) is 0 Å². The van der Waals surface area contributed by atoms with Crippen molar-refractivity contribution in [2.75, 3.05) is 13.7 Å². The first-order chi connectivity index (χ1) is 9.69. The fraction of sp³-hybridized carbons (Fsp3) is 0.143. The lowest BCUT2D eigenvalue weighted by molar-refractivity contribution is -0.139. The molecule has 0 radical (unpaired) electrons. The molecule has 0 aliphatic heterocycles. The van der Waals surface area contributed by atoms with E-state index in [2.05, 4.69) is 10.1 Å². The molecular formula is C14H13NO3S2. The first-order valence-electron chi connectivity index (χ1n) is 5.87. The van der Waals surface area contributed by atoms with Crippen LogP contribution < -0.4 is 5.32 Å². The summed E-state index contributed by atoms with van der Waals surface area (Å²) in [6.07, 6.45) is 0. The Hall–Kier alpha value is -1.79. The van der Waals surface area contributed by atoms with Gasteiger partial charge in [0.1, 0.15) is 6.54 Å². The van der Waals surface area contributed by atoms with Crippen LogP contribution in [0, 0.1) is 0 Å². The van der Waals surface area contributed by atoms with Gasteiger partial charge in [0, 0.05) is 4.90 Å². The van der Waals surface area contributed by atoms with Crippen molar-refractivity contribution in [2.24, 2.45) is 0 Å². The first-order valence-corrected chi connectivity index (χ1v) is 7.50. The van der Waals surface area contributed by atoms with Crippen LogP contribution in [-0.4, -0.2) is 25.5 Å². The Morgan fingerprint density at radius 1 is 1.20 bits per heavy atom. The predicted molar refractivity (Wildman–Crippen MR) is 79.2 cm³/mol. The minimum Gasteiger partial charge on any atom is -0.468 e. The van der Waals surface area contributed by atoms with Crippen molar-refractivity contribution >= 4 is 35.0 Å². The molecule has 1 amide bonds. The third-order valence-corrected chi connectivity index (χ3v) is 4.61. The van der Waals surface area contributed by atoms with Crippen molar-refractivity contribution in [2.45, 2.75) is 9.10 Å². The molecule has 0 aliphatic carbocycles. The molecular weight excluding hydrogens is 294 g/mol. The zero-order valence-electron chi connectivity index (χ0n) is 10.8. The van der Waals surface area contributed by atoms with Gasteiger partial charge in [0.15, 0.2) is 0 Å². The second kappa shape index (κ2) is 7.12. The summed E-state index contributed by atoms with van der Waals surface area (Å²) in [5.41, 5.74) is 0. The summed E-state index contributed by atoms with van der Waals surface area (Å²) in [6.45, 7) is -0.117. The molecule has 2 rings (SSSR count). The summed E-state index contributed by atoms with van der Waals surface area (Å²) >= 11 is 3.00. The number of esters is 1. The van der Waals surface area contributed by atoms with Crippen molar-refractivity contribution < 1.29 is 14.3 Å². The summed E-state index contributed by atoms with van der Waals surface area (Å²) in [4.78, 5) is 24.5. The van der Waals surface area contributed by atoms with Crippen molar-refractivity contribution in [3.63, 3.8) is 0 Å². The zero-order valence-corrected chi connectivity index (χ0v) is 12.4. The third-order valence-electron chi connectivity index (χ3n) is 2.39. The van der Waals surface area contributed by atoms with E-state index < -0.39 is 5.97 Å². The zero-order chi connectivity index (χ0) is 14.4. The fourth-order valence-corrected chi connectivity index (χ4v) is 3.45. The average molecular weight is 307 g/mol. The largest absolute Gasteiger partial charge is 0.468 e. The lowest BCUT2D eigenvalue weighted by Crippen LogP contribution is -2.29. The van der Waals surface area contributed by atoms with E-state index in [0.29, 0.717) is 4.88 Å². The van der Waals surface area contributed by atoms with Gasteiger partial charge in [-0.3, -0.25) is 9.59 Å². The summed E-state index contributed by atoms with van der Waals surface area (Å²) in [5, 5.41) is 2.51. The number of ether oxygens (including phenoxy) is 1. The Labute approximate surface area is 125 Å². The highest BCUT2D eigenvalue weighted by Crippen LogP contribution is 2.33. The standard InChI is InChI=1S/C14H13NO3S2/c1-18-12(16)9-15-14(17)11-7-8-13(20-11)19-10-5-3-2-4-6-10/h2-8H,9H2,1H3,(H,15,17). The minimum atomic E-state index is -0.464. The molecule has 0 fully saturated rings. The predicted octanol–water partition coefficient (Wildman–Crippen LogP) is 2.80. The van der Waals surface area contributed by atoms with Crippen molar-refractivity contribution in [3.8, 4) is 0 Å². The molecule has 20 heavy (non-hydrogen) atoms. The monoisotopic (exact) mass is 307 g/mol. The Morgan fingerprint density at radius 3 is 2.65 bits per heavy atom. The summed E-state index contributed by atoms with van der Waals surface area (Å²) < 4.78 is 5.49. The van der Waals surface area contributed by atoms with Crippen molar-refractivity contribution in [3.05, 3.63) is 47.3 Å². The van der Waals surface area contributed by atoms with Gasteiger partial charge < -0.3 is 10.1 Å². The number of rotatable bonds is 5. The smallest absolute Gasteiger partial charge is 0.325 e. The van der Waals surface area contributed by atoms with Crippen molar-refractivity contribution in [1.29, 1.82) is 0 Å². The van der Waals surface area contributed by atoms with Gasteiger partial charge in [-0.05, 0) is 24.3 Å². The molecule has 0 bridgehead atoms. The lowest BCUT2D eigenvalue weighted by atomic mass is 10.4. The summed E-state index contributed by atoms with van der Waals surface area (Å²) in [5.74, 6) is -0.728. The molecule has 1 aromatic heterocycles. The van der Waals surface area contributed by atoms with Gasteiger partial charge in [-0.15, -0.1) is 11.3 Å². The van der Waals surface area contributed by atoms with Crippen LogP contribution in [0.2, 0.25) is 0 Å². The highest BCUT2D eigenvalue weighted by atomic mass is 32.2. The van der Waals surface area contributed by atoms with Gasteiger partial charge >= 0.3 is 5.97 Å². The number of carbonyl (C=O) groups is 2. The molecule has 2 aromatic rings. The second-order valence-corrected chi connectivity index (χ2v) is 6.25. The number of hydrogen-bond donors (Lipinski definition) is 1. The number of hydrogen-bond acceptors (Lipinski definition) is 5. The van der Waals surface area contributed by atoms with E-state index in [1.807, 2.05) is 36.4 Å². The first kappa shape index (κ1) is 14.6. The molecule has 0 saturated carbocycles. The van der Waals surface area contributed by atoms with Crippen LogP contribution >= 0.6 is 23.1 Å². The number of benzene rings is 1. The molecule has 1 heterocycles. The van der Waals surface area contributed by atoms with E-state index >= 15 is 0 Å². The Morgan fingerprint density at radius 2 is 1.95 bits per heavy atom. The Balaban J connectivity index is 1.95. The van der Waals surface area contributed by atoms with Crippen LogP contribution in [0.4, 0.5) is 0 Å². The van der Waals surface area contributed by atoms with E-state index in [1.54, 1.807) is 17.8 Å². The molecule has 4 nitrogen and oxygen atoms in total. The molecule has 0 spiro atoms. The lowest BCUT2D eigenvalue weighted by Gasteiger charge is -2.01. The summed E-state index contributed by atoms with van der Waals surface area (Å²) in [6, 6.07) is 13.6. The quantitative estimate of drug-likeness (QED) is 0.863. The molecule has 0 saturated heterocycles. The van der Waals surface area contributed by atoms with Gasteiger partial charge in [-0.2, -0.15) is 0 Å². The normalized spacial score (nSPS) is 10.1. The number of nitrogens with one attached hydrogen (secondary N) is 1. The number of amides is 1. The second-order valence-electron chi connectivity index (χ2n) is 3.79. The topological polar surface area (TPSA) is 55.4 Å². The van der Waals surface area contributed by atoms with Gasteiger partial charge in [0.05, 0.1) is 16.2 Å². The van der Waals surface area contributed by atoms with Gasteiger partial charge in [-0.1, -0.05) is 30.0 Å². The fourth-order valence-electron chi connectivity index (χ4n) is 1.41. The maximum atomic E-state index is 11.8. The van der Waals surface area contributed by atoms with Gasteiger partial charge in [-0.25, -0.2) is 0 Å². The summed E-state index contributed by atoms with van der Waals surface area (Å²) in [7, 11) is 1.29. The van der Waals surface area contributed by atoms with E-state index in [0.717, 1.165) is 9.10 Å². The minimum absolute atomic E-state index is 0.117. The Kier molecular flexibility index (Phi) is 5.20. The van der Waals surface area contributed by atoms with Crippen LogP contribution in [-0.2, 0) is 9.53 Å². The Bertz CT molecular complexity index is 595. The molecule has 1 aromatic carbocycles. The number of thiophene rings is 1. The third kappa shape index (κ3) is 4.11. The maximum Gasteiger partial charge on any atom is 0.325 e. The van der Waals surface area contributed by atoms with Gasteiger partial charge in [0.2, 0.25) is 0 Å². The van der Waals surface area contributed by atoms with Crippen LogP contribution in [0.1, 0.15) is 9.67 Å². The van der Waals surface area contributed by atoms with E-state index in [4.69, 9.17) is 0 Å². The van der Waals surface area contributed by atoms with Gasteiger partial charge in [0.25, 0.3) is 5.91 Å². The molecule has 6 heteroatoms. The van der Waals surface area contributed by atoms with Crippen LogP contribution in [0.15, 0.2) is 51.6 Å². The highest BCUT2D eigenvalue weighted by Gasteiger charge is 2.11. The molecule has 104 valence electrons. The SMILES string of the molecule is COC(=O)CNC(=O)c1ccc(Sc2ccccc2)s1. The van der Waals surface area contributed by atoms with E-state index in [-0.39, 0.29) is 12.5 Å². The van der Waals surface area contributed by atoms with Crippen LogP contribution in [0.5, 0.6) is 0 Å². The highest BCUT2D eigenvalue weighted by molar-refractivity contribution is 8.01. The van der Waals surface area contributed by atoms with E-state index in [1.165, 1.54) is 18.4 Å². The number of methoxy groups -OCH3 is 1. The number of carbonyl (C=O) groups excluding carboxylic acids is 2. The molecule has 0 unspecified atom stereocenters. The van der Waals surface area contributed by atoms with Crippen LogP contribution in [0.25, 0.3) is 0 Å². The maximum absolute atomic E-state index is 11.8. The van der Waals surface area contributed by atoms with E-state index in [9.17, 15) is 9.59 Å². The molecule has 0 atom stereocenters. The average Bonchev–Trinajstić information content (AvgIpc) is 2.94. The molecule has 0 aliphatic rings. The molecule has 1 N–H and O–H groups in total.